The van der Waals surface area contributed by atoms with E-state index in [9.17, 15) is 0 Å². The molecule has 2 aromatic rings. The van der Waals surface area contributed by atoms with Crippen LogP contribution in [-0.2, 0) is 6.54 Å². The van der Waals surface area contributed by atoms with Crippen LogP contribution in [-0.4, -0.2) is 11.1 Å². The molecule has 0 atom stereocenters. The van der Waals surface area contributed by atoms with E-state index in [1.54, 1.807) is 0 Å². The zero-order valence-corrected chi connectivity index (χ0v) is 14.2. The molecule has 0 aliphatic heterocycles. The maximum absolute atomic E-state index is 3.54. The zero-order valence-electron chi connectivity index (χ0n) is 14.2. The van der Waals surface area contributed by atoms with Crippen molar-refractivity contribution < 1.29 is 0 Å². The van der Waals surface area contributed by atoms with Gasteiger partial charge in [0.25, 0.3) is 0 Å². The first kappa shape index (κ1) is 15.8. The van der Waals surface area contributed by atoms with E-state index in [0.717, 1.165) is 13.1 Å². The minimum atomic E-state index is 0.688. The number of nitrogens with one attached hydrogen (secondary N) is 1. The Hall–Kier alpha value is -1.54. The Bertz CT molecular complexity index is 621. The first-order valence-corrected chi connectivity index (χ1v) is 7.86. The molecule has 0 saturated carbocycles. The highest BCUT2D eigenvalue weighted by Crippen LogP contribution is 2.24. The van der Waals surface area contributed by atoms with Gasteiger partial charge in [0, 0.05) is 23.6 Å². The molecule has 2 nitrogen and oxygen atoms in total. The fraction of sp³-hybridized carbons (Fsp3) is 0.474. The van der Waals surface area contributed by atoms with E-state index < -0.39 is 0 Å². The molecule has 0 unspecified atom stereocenters. The van der Waals surface area contributed by atoms with Crippen molar-refractivity contribution in [3.8, 4) is 5.69 Å². The normalized spacial score (nSPS) is 11.4. The SMILES string of the molecule is Cc1ccc(-n2c(C)cc(CNCC(C)C)c2C)c(C)c1. The van der Waals surface area contributed by atoms with E-state index in [4.69, 9.17) is 0 Å². The molecule has 2 rings (SSSR count). The van der Waals surface area contributed by atoms with Gasteiger partial charge in [0.15, 0.2) is 0 Å². The van der Waals surface area contributed by atoms with E-state index >= 15 is 0 Å². The second-order valence-corrected chi connectivity index (χ2v) is 6.55. The van der Waals surface area contributed by atoms with Gasteiger partial charge in [0.2, 0.25) is 0 Å². The highest BCUT2D eigenvalue weighted by molar-refractivity contribution is 5.47. The lowest BCUT2D eigenvalue weighted by molar-refractivity contribution is 0.551. The predicted octanol–water partition coefficient (Wildman–Crippen LogP) is 4.46. The number of aryl methyl sites for hydroxylation is 3. The fourth-order valence-corrected chi connectivity index (χ4v) is 2.93. The molecule has 2 heteroatoms. The molecular formula is C19H28N2. The summed E-state index contributed by atoms with van der Waals surface area (Å²) in [5.74, 6) is 0.688. The number of hydrogen-bond donors (Lipinski definition) is 1. The van der Waals surface area contributed by atoms with Crippen molar-refractivity contribution in [1.29, 1.82) is 0 Å². The number of hydrogen-bond acceptors (Lipinski definition) is 1. The average molecular weight is 284 g/mol. The Morgan fingerprint density at radius 2 is 1.76 bits per heavy atom. The molecule has 0 bridgehead atoms. The van der Waals surface area contributed by atoms with Crippen molar-refractivity contribution in [1.82, 2.24) is 9.88 Å². The lowest BCUT2D eigenvalue weighted by atomic mass is 10.1. The third kappa shape index (κ3) is 3.56. The molecule has 1 N–H and O–H groups in total. The first-order chi connectivity index (χ1) is 9.90. The third-order valence-electron chi connectivity index (χ3n) is 4.00. The minimum Gasteiger partial charge on any atom is -0.318 e. The van der Waals surface area contributed by atoms with Crippen LogP contribution in [0.1, 0.15) is 41.9 Å². The molecule has 1 aromatic carbocycles. The van der Waals surface area contributed by atoms with Crippen LogP contribution >= 0.6 is 0 Å². The summed E-state index contributed by atoms with van der Waals surface area (Å²) in [6.45, 7) is 15.2. The van der Waals surface area contributed by atoms with Crippen LogP contribution < -0.4 is 5.32 Å². The lowest BCUT2D eigenvalue weighted by Crippen LogP contribution is -2.19. The van der Waals surface area contributed by atoms with Crippen LogP contribution in [0.4, 0.5) is 0 Å². The van der Waals surface area contributed by atoms with Crippen molar-refractivity contribution in [2.45, 2.75) is 48.1 Å². The number of rotatable bonds is 5. The minimum absolute atomic E-state index is 0.688. The molecule has 114 valence electrons. The smallest absolute Gasteiger partial charge is 0.0484 e. The Morgan fingerprint density at radius 3 is 2.38 bits per heavy atom. The Balaban J connectivity index is 2.30. The van der Waals surface area contributed by atoms with Gasteiger partial charge in [-0.3, -0.25) is 0 Å². The molecule has 0 radical (unpaired) electrons. The summed E-state index contributed by atoms with van der Waals surface area (Å²) in [6.07, 6.45) is 0. The summed E-state index contributed by atoms with van der Waals surface area (Å²) in [4.78, 5) is 0. The first-order valence-electron chi connectivity index (χ1n) is 7.86. The molecule has 0 amide bonds. The monoisotopic (exact) mass is 284 g/mol. The zero-order chi connectivity index (χ0) is 15.6. The van der Waals surface area contributed by atoms with Gasteiger partial charge in [-0.1, -0.05) is 31.5 Å². The Labute approximate surface area is 129 Å². The van der Waals surface area contributed by atoms with Gasteiger partial charge in [-0.25, -0.2) is 0 Å². The molecule has 21 heavy (non-hydrogen) atoms. The van der Waals surface area contributed by atoms with Gasteiger partial charge < -0.3 is 9.88 Å². The predicted molar refractivity (Wildman–Crippen MR) is 91.3 cm³/mol. The number of aromatic nitrogens is 1. The highest BCUT2D eigenvalue weighted by atomic mass is 15.0. The summed E-state index contributed by atoms with van der Waals surface area (Å²) in [5.41, 5.74) is 7.99. The summed E-state index contributed by atoms with van der Waals surface area (Å²) in [5, 5.41) is 3.54. The van der Waals surface area contributed by atoms with E-state index in [-0.39, 0.29) is 0 Å². The molecule has 0 spiro atoms. The van der Waals surface area contributed by atoms with Crippen molar-refractivity contribution in [3.05, 3.63) is 52.3 Å². The number of benzene rings is 1. The van der Waals surface area contributed by atoms with Crippen LogP contribution in [0.5, 0.6) is 0 Å². The second-order valence-electron chi connectivity index (χ2n) is 6.55. The quantitative estimate of drug-likeness (QED) is 0.858. The van der Waals surface area contributed by atoms with Crippen molar-refractivity contribution in [2.75, 3.05) is 6.54 Å². The van der Waals surface area contributed by atoms with E-state index in [1.165, 1.54) is 33.8 Å². The van der Waals surface area contributed by atoms with E-state index in [1.807, 2.05) is 0 Å². The molecule has 0 aliphatic carbocycles. The van der Waals surface area contributed by atoms with Gasteiger partial charge in [-0.2, -0.15) is 0 Å². The van der Waals surface area contributed by atoms with Crippen molar-refractivity contribution >= 4 is 0 Å². The van der Waals surface area contributed by atoms with Crippen LogP contribution in [0.15, 0.2) is 24.3 Å². The van der Waals surface area contributed by atoms with Gasteiger partial charge in [-0.05, 0) is 63.4 Å². The van der Waals surface area contributed by atoms with Crippen LogP contribution in [0.25, 0.3) is 5.69 Å². The molecular weight excluding hydrogens is 256 g/mol. The van der Waals surface area contributed by atoms with Crippen LogP contribution in [0, 0.1) is 33.6 Å². The molecule has 1 aromatic heterocycles. The van der Waals surface area contributed by atoms with Crippen molar-refractivity contribution in [3.63, 3.8) is 0 Å². The van der Waals surface area contributed by atoms with E-state index in [2.05, 4.69) is 75.7 Å². The maximum atomic E-state index is 3.54. The second kappa shape index (κ2) is 6.48. The molecule has 0 saturated heterocycles. The Kier molecular flexibility index (Phi) is 4.89. The molecule has 0 aliphatic rings. The lowest BCUT2D eigenvalue weighted by Gasteiger charge is -2.14. The number of nitrogens with zero attached hydrogens (tertiary/aromatic N) is 1. The van der Waals surface area contributed by atoms with Crippen molar-refractivity contribution in [2.24, 2.45) is 5.92 Å². The van der Waals surface area contributed by atoms with E-state index in [0.29, 0.717) is 5.92 Å². The average Bonchev–Trinajstić information content (AvgIpc) is 2.65. The third-order valence-corrected chi connectivity index (χ3v) is 4.00. The van der Waals surface area contributed by atoms with Gasteiger partial charge >= 0.3 is 0 Å². The highest BCUT2D eigenvalue weighted by Gasteiger charge is 2.12. The van der Waals surface area contributed by atoms with Gasteiger partial charge in [0.05, 0.1) is 0 Å². The summed E-state index contributed by atoms with van der Waals surface area (Å²) in [7, 11) is 0. The summed E-state index contributed by atoms with van der Waals surface area (Å²) in [6, 6.07) is 8.99. The van der Waals surface area contributed by atoms with Gasteiger partial charge in [-0.15, -0.1) is 0 Å². The maximum Gasteiger partial charge on any atom is 0.0484 e. The summed E-state index contributed by atoms with van der Waals surface area (Å²) < 4.78 is 2.38. The summed E-state index contributed by atoms with van der Waals surface area (Å²) >= 11 is 0. The van der Waals surface area contributed by atoms with Crippen LogP contribution in [0.2, 0.25) is 0 Å². The fourth-order valence-electron chi connectivity index (χ4n) is 2.93. The van der Waals surface area contributed by atoms with Crippen LogP contribution in [0.3, 0.4) is 0 Å². The topological polar surface area (TPSA) is 17.0 Å². The standard InChI is InChI=1S/C19H28N2/c1-13(2)11-20-12-18-10-16(5)21(17(18)6)19-8-7-14(3)9-15(19)4/h7-10,13,20H,11-12H2,1-6H3. The molecule has 1 heterocycles. The Morgan fingerprint density at radius 1 is 1.05 bits per heavy atom. The largest absolute Gasteiger partial charge is 0.318 e. The van der Waals surface area contributed by atoms with Gasteiger partial charge in [0.1, 0.15) is 0 Å². The molecule has 0 fully saturated rings.